The van der Waals surface area contributed by atoms with Crippen LogP contribution in [0.4, 0.5) is 0 Å². The molecule has 1 N–H and O–H groups in total. The zero-order valence-electron chi connectivity index (χ0n) is 9.07. The maximum atomic E-state index is 11.3. The Bertz CT molecular complexity index is 525. The van der Waals surface area contributed by atoms with Crippen LogP contribution in [0.3, 0.4) is 0 Å². The van der Waals surface area contributed by atoms with Crippen molar-refractivity contribution in [3.05, 3.63) is 42.1 Å². The van der Waals surface area contributed by atoms with E-state index in [9.17, 15) is 4.79 Å². The van der Waals surface area contributed by atoms with Crippen molar-refractivity contribution in [2.45, 2.75) is 0 Å². The van der Waals surface area contributed by atoms with Crippen molar-refractivity contribution in [1.29, 1.82) is 0 Å². The summed E-state index contributed by atoms with van der Waals surface area (Å²) < 4.78 is 4.76. The minimum atomic E-state index is -0.0324. The molecular formula is C13H13NO2. The van der Waals surface area contributed by atoms with E-state index in [1.54, 1.807) is 6.08 Å². The molecule has 2 rings (SSSR count). The summed E-state index contributed by atoms with van der Waals surface area (Å²) in [5, 5.41) is 1.11. The van der Waals surface area contributed by atoms with E-state index in [0.717, 1.165) is 16.5 Å². The van der Waals surface area contributed by atoms with E-state index >= 15 is 0 Å². The third-order valence-electron chi connectivity index (χ3n) is 2.36. The number of aromatic amines is 1. The van der Waals surface area contributed by atoms with Crippen LogP contribution in [-0.2, 0) is 9.53 Å². The first-order chi connectivity index (χ1) is 7.81. The van der Waals surface area contributed by atoms with Crippen LogP contribution in [-0.4, -0.2) is 24.5 Å². The Kier molecular flexibility index (Phi) is 3.17. The number of hydrogen-bond acceptors (Lipinski definition) is 2. The van der Waals surface area contributed by atoms with Gasteiger partial charge in [-0.15, -0.1) is 0 Å². The minimum Gasteiger partial charge on any atom is -0.377 e. The SMILES string of the molecule is COCC(=O)/C=C/c1cccc2[nH]ccc12. The Labute approximate surface area is 93.7 Å². The summed E-state index contributed by atoms with van der Waals surface area (Å²) >= 11 is 0. The van der Waals surface area contributed by atoms with Gasteiger partial charge in [0.05, 0.1) is 0 Å². The molecule has 0 aliphatic heterocycles. The van der Waals surface area contributed by atoms with Crippen LogP contribution in [0, 0.1) is 0 Å². The van der Waals surface area contributed by atoms with Crippen molar-refractivity contribution in [3.8, 4) is 0 Å². The lowest BCUT2D eigenvalue weighted by molar-refractivity contribution is -0.117. The predicted molar refractivity (Wildman–Crippen MR) is 64.2 cm³/mol. The largest absolute Gasteiger partial charge is 0.377 e. The van der Waals surface area contributed by atoms with Gasteiger partial charge in [-0.2, -0.15) is 0 Å². The molecule has 0 amide bonds. The van der Waals surface area contributed by atoms with Crippen LogP contribution in [0.25, 0.3) is 17.0 Å². The zero-order chi connectivity index (χ0) is 11.4. The van der Waals surface area contributed by atoms with Crippen molar-refractivity contribution in [1.82, 2.24) is 4.98 Å². The van der Waals surface area contributed by atoms with Crippen molar-refractivity contribution >= 4 is 22.8 Å². The standard InChI is InChI=1S/C13H13NO2/c1-16-9-11(15)6-5-10-3-2-4-13-12(10)7-8-14-13/h2-8,14H,9H2,1H3/b6-5+. The lowest BCUT2D eigenvalue weighted by Gasteiger charge is -1.96. The molecule has 0 aliphatic rings. The van der Waals surface area contributed by atoms with Gasteiger partial charge >= 0.3 is 0 Å². The number of carbonyl (C=O) groups is 1. The molecule has 2 aromatic rings. The lowest BCUT2D eigenvalue weighted by atomic mass is 10.1. The minimum absolute atomic E-state index is 0.0324. The molecule has 82 valence electrons. The number of fused-ring (bicyclic) bond motifs is 1. The molecular weight excluding hydrogens is 202 g/mol. The van der Waals surface area contributed by atoms with E-state index in [2.05, 4.69) is 4.98 Å². The normalized spacial score (nSPS) is 11.3. The van der Waals surface area contributed by atoms with Gasteiger partial charge in [0, 0.05) is 24.2 Å². The van der Waals surface area contributed by atoms with E-state index < -0.39 is 0 Å². The van der Waals surface area contributed by atoms with Gasteiger partial charge < -0.3 is 9.72 Å². The summed E-state index contributed by atoms with van der Waals surface area (Å²) in [4.78, 5) is 14.4. The third kappa shape index (κ3) is 2.20. The zero-order valence-corrected chi connectivity index (χ0v) is 9.07. The molecule has 0 saturated heterocycles. The fraction of sp³-hybridized carbons (Fsp3) is 0.154. The second kappa shape index (κ2) is 4.77. The van der Waals surface area contributed by atoms with E-state index in [-0.39, 0.29) is 12.4 Å². The van der Waals surface area contributed by atoms with E-state index in [0.29, 0.717) is 0 Å². The molecule has 16 heavy (non-hydrogen) atoms. The second-order valence-corrected chi connectivity index (χ2v) is 3.52. The highest BCUT2D eigenvalue weighted by Gasteiger charge is 1.99. The van der Waals surface area contributed by atoms with Gasteiger partial charge in [-0.25, -0.2) is 0 Å². The number of H-pyrrole nitrogens is 1. The van der Waals surface area contributed by atoms with Crippen LogP contribution < -0.4 is 0 Å². The molecule has 3 nitrogen and oxygen atoms in total. The molecule has 1 aromatic heterocycles. The first kappa shape index (κ1) is 10.6. The van der Waals surface area contributed by atoms with Crippen LogP contribution >= 0.6 is 0 Å². The first-order valence-electron chi connectivity index (χ1n) is 5.07. The van der Waals surface area contributed by atoms with Gasteiger partial charge in [-0.1, -0.05) is 18.2 Å². The Balaban J connectivity index is 2.27. The average Bonchev–Trinajstić information content (AvgIpc) is 2.75. The Morgan fingerprint density at radius 2 is 2.31 bits per heavy atom. The van der Waals surface area contributed by atoms with Crippen LogP contribution in [0.1, 0.15) is 5.56 Å². The smallest absolute Gasteiger partial charge is 0.181 e. The Morgan fingerprint density at radius 1 is 1.44 bits per heavy atom. The molecule has 0 saturated carbocycles. The van der Waals surface area contributed by atoms with Gasteiger partial charge in [0.15, 0.2) is 5.78 Å². The van der Waals surface area contributed by atoms with E-state index in [4.69, 9.17) is 4.74 Å². The number of methoxy groups -OCH3 is 1. The molecule has 0 aliphatic carbocycles. The Hall–Kier alpha value is -1.87. The van der Waals surface area contributed by atoms with Gasteiger partial charge in [0.25, 0.3) is 0 Å². The number of benzene rings is 1. The lowest BCUT2D eigenvalue weighted by Crippen LogP contribution is -2.01. The predicted octanol–water partition coefficient (Wildman–Crippen LogP) is 2.40. The van der Waals surface area contributed by atoms with E-state index in [1.165, 1.54) is 7.11 Å². The molecule has 1 aromatic carbocycles. The summed E-state index contributed by atoms with van der Waals surface area (Å²) in [7, 11) is 1.51. The summed E-state index contributed by atoms with van der Waals surface area (Å²) in [6.45, 7) is 0.125. The number of ether oxygens (including phenoxy) is 1. The molecule has 0 unspecified atom stereocenters. The van der Waals surface area contributed by atoms with Crippen molar-refractivity contribution in [2.24, 2.45) is 0 Å². The monoisotopic (exact) mass is 215 g/mol. The second-order valence-electron chi connectivity index (χ2n) is 3.52. The van der Waals surface area contributed by atoms with Crippen molar-refractivity contribution < 1.29 is 9.53 Å². The summed E-state index contributed by atoms with van der Waals surface area (Å²) in [6, 6.07) is 7.94. The fourth-order valence-corrected chi connectivity index (χ4v) is 1.63. The number of aromatic nitrogens is 1. The number of rotatable bonds is 4. The van der Waals surface area contributed by atoms with Gasteiger partial charge in [0.1, 0.15) is 6.61 Å². The number of ketones is 1. The molecule has 0 fully saturated rings. The summed E-state index contributed by atoms with van der Waals surface area (Å²) in [5.74, 6) is -0.0324. The summed E-state index contributed by atoms with van der Waals surface area (Å²) in [5.41, 5.74) is 2.10. The highest BCUT2D eigenvalue weighted by Crippen LogP contribution is 2.18. The van der Waals surface area contributed by atoms with Gasteiger partial charge in [-0.05, 0) is 23.8 Å². The maximum Gasteiger partial charge on any atom is 0.181 e. The number of carbonyl (C=O) groups excluding carboxylic acids is 1. The molecule has 0 atom stereocenters. The number of nitrogens with one attached hydrogen (secondary N) is 1. The highest BCUT2D eigenvalue weighted by molar-refractivity contribution is 5.97. The van der Waals surface area contributed by atoms with Crippen molar-refractivity contribution in [2.75, 3.05) is 13.7 Å². The van der Waals surface area contributed by atoms with E-state index in [1.807, 2.05) is 36.5 Å². The van der Waals surface area contributed by atoms with Crippen LogP contribution in [0.2, 0.25) is 0 Å². The molecule has 1 heterocycles. The maximum absolute atomic E-state index is 11.3. The third-order valence-corrected chi connectivity index (χ3v) is 2.36. The topological polar surface area (TPSA) is 42.1 Å². The van der Waals surface area contributed by atoms with Gasteiger partial charge in [0.2, 0.25) is 0 Å². The molecule has 3 heteroatoms. The molecule has 0 spiro atoms. The fourth-order valence-electron chi connectivity index (χ4n) is 1.63. The highest BCUT2D eigenvalue weighted by atomic mass is 16.5. The molecule has 0 radical (unpaired) electrons. The Morgan fingerprint density at radius 3 is 3.12 bits per heavy atom. The quantitative estimate of drug-likeness (QED) is 0.796. The first-order valence-corrected chi connectivity index (χ1v) is 5.07. The molecule has 0 bridgehead atoms. The average molecular weight is 215 g/mol. The van der Waals surface area contributed by atoms with Crippen molar-refractivity contribution in [3.63, 3.8) is 0 Å². The van der Waals surface area contributed by atoms with Crippen LogP contribution in [0.15, 0.2) is 36.5 Å². The van der Waals surface area contributed by atoms with Gasteiger partial charge in [-0.3, -0.25) is 4.79 Å². The summed E-state index contributed by atoms with van der Waals surface area (Å²) in [6.07, 6.45) is 5.25. The van der Waals surface area contributed by atoms with Crippen LogP contribution in [0.5, 0.6) is 0 Å². The number of hydrogen-bond donors (Lipinski definition) is 1.